The van der Waals surface area contributed by atoms with Crippen LogP contribution in [0.1, 0.15) is 37.3 Å². The number of nitrogens with one attached hydrogen (secondary N) is 1. The van der Waals surface area contributed by atoms with Crippen LogP contribution >= 0.6 is 0 Å². The molecule has 0 aliphatic carbocycles. The lowest BCUT2D eigenvalue weighted by molar-refractivity contribution is -0.111. The highest BCUT2D eigenvalue weighted by atomic mass is 16.7. The minimum absolute atomic E-state index is 0.163. The number of carbonyl (C=O) groups is 1. The van der Waals surface area contributed by atoms with Crippen LogP contribution < -0.4 is 14.8 Å². The average Bonchev–Trinajstić information content (AvgIpc) is 3.07. The third-order valence-corrected chi connectivity index (χ3v) is 4.18. The number of carbonyl (C=O) groups excluding carboxylic acids is 1. The fourth-order valence-electron chi connectivity index (χ4n) is 2.50. The minimum Gasteiger partial charge on any atom is -0.454 e. The van der Waals surface area contributed by atoms with E-state index in [2.05, 4.69) is 31.3 Å². The number of anilines is 1. The number of hydrogen-bond donors (Lipinski definition) is 1. The van der Waals surface area contributed by atoms with Crippen molar-refractivity contribution in [1.82, 2.24) is 0 Å². The van der Waals surface area contributed by atoms with Gasteiger partial charge in [0.25, 0.3) is 0 Å². The average molecular weight is 323 g/mol. The van der Waals surface area contributed by atoms with E-state index in [-0.39, 0.29) is 12.7 Å². The molecular weight excluding hydrogens is 302 g/mol. The molecule has 4 nitrogen and oxygen atoms in total. The third-order valence-electron chi connectivity index (χ3n) is 4.18. The van der Waals surface area contributed by atoms with Gasteiger partial charge in [0.1, 0.15) is 0 Å². The van der Waals surface area contributed by atoms with Crippen LogP contribution in [-0.4, -0.2) is 12.7 Å². The molecule has 0 saturated carbocycles. The van der Waals surface area contributed by atoms with Gasteiger partial charge < -0.3 is 14.8 Å². The van der Waals surface area contributed by atoms with Crippen molar-refractivity contribution in [2.75, 3.05) is 12.1 Å². The van der Waals surface area contributed by atoms with E-state index in [1.165, 1.54) is 11.6 Å². The van der Waals surface area contributed by atoms with Crippen molar-refractivity contribution in [3.05, 3.63) is 59.7 Å². The zero-order valence-electron chi connectivity index (χ0n) is 13.9. The van der Waals surface area contributed by atoms with Crippen LogP contribution in [0.3, 0.4) is 0 Å². The van der Waals surface area contributed by atoms with Gasteiger partial charge in [0.05, 0.1) is 0 Å². The van der Waals surface area contributed by atoms with Gasteiger partial charge in [0.2, 0.25) is 12.7 Å². The van der Waals surface area contributed by atoms with Gasteiger partial charge in [-0.2, -0.15) is 0 Å². The molecule has 1 amide bonds. The summed E-state index contributed by atoms with van der Waals surface area (Å²) in [6.07, 6.45) is 4.37. The first kappa shape index (κ1) is 16.1. The van der Waals surface area contributed by atoms with Crippen molar-refractivity contribution >= 4 is 17.7 Å². The number of fused-ring (bicyclic) bond motifs is 1. The molecule has 2 aromatic rings. The highest BCUT2D eigenvalue weighted by molar-refractivity contribution is 6.01. The second-order valence-electron chi connectivity index (χ2n) is 5.87. The van der Waals surface area contributed by atoms with Crippen LogP contribution in [0.5, 0.6) is 11.5 Å². The summed E-state index contributed by atoms with van der Waals surface area (Å²) < 4.78 is 10.6. The molecule has 1 atom stereocenters. The summed E-state index contributed by atoms with van der Waals surface area (Å²) in [5, 5.41) is 2.87. The molecule has 0 spiro atoms. The summed E-state index contributed by atoms with van der Waals surface area (Å²) in [5.74, 6) is 1.81. The second kappa shape index (κ2) is 7.21. The molecule has 1 aliphatic heterocycles. The summed E-state index contributed by atoms with van der Waals surface area (Å²) in [7, 11) is 0. The van der Waals surface area contributed by atoms with Gasteiger partial charge in [-0.25, -0.2) is 0 Å². The van der Waals surface area contributed by atoms with Crippen LogP contribution in [0.15, 0.2) is 48.5 Å². The number of hydrogen-bond acceptors (Lipinski definition) is 3. The summed E-state index contributed by atoms with van der Waals surface area (Å²) >= 11 is 0. The first-order chi connectivity index (χ1) is 11.7. The predicted octanol–water partition coefficient (Wildman–Crippen LogP) is 4.58. The van der Waals surface area contributed by atoms with Crippen LogP contribution in [0.25, 0.3) is 6.08 Å². The highest BCUT2D eigenvalue weighted by Gasteiger charge is 2.12. The van der Waals surface area contributed by atoms with Gasteiger partial charge in [-0.15, -0.1) is 0 Å². The molecule has 3 rings (SSSR count). The van der Waals surface area contributed by atoms with Gasteiger partial charge in [-0.3, -0.25) is 4.79 Å². The summed E-state index contributed by atoms with van der Waals surface area (Å²) in [6.45, 7) is 4.61. The molecule has 1 heterocycles. The van der Waals surface area contributed by atoms with Crippen LogP contribution in [-0.2, 0) is 4.79 Å². The fourth-order valence-corrected chi connectivity index (χ4v) is 2.50. The SMILES string of the molecule is CCC(C)c1ccc(NC(=O)C=Cc2ccc3c(c2)OCO3)cc1. The molecule has 2 aromatic carbocycles. The maximum absolute atomic E-state index is 12.0. The molecule has 24 heavy (non-hydrogen) atoms. The van der Waals surface area contributed by atoms with Crippen molar-refractivity contribution < 1.29 is 14.3 Å². The van der Waals surface area contributed by atoms with E-state index in [4.69, 9.17) is 9.47 Å². The van der Waals surface area contributed by atoms with Crippen molar-refractivity contribution in [1.29, 1.82) is 0 Å². The van der Waals surface area contributed by atoms with E-state index < -0.39 is 0 Å². The molecule has 0 saturated heterocycles. The Balaban J connectivity index is 1.61. The van der Waals surface area contributed by atoms with Crippen LogP contribution in [0, 0.1) is 0 Å². The quantitative estimate of drug-likeness (QED) is 0.819. The normalized spacial score (nSPS) is 13.9. The van der Waals surface area contributed by atoms with E-state index in [1.54, 1.807) is 6.08 Å². The van der Waals surface area contributed by atoms with Gasteiger partial charge in [0, 0.05) is 11.8 Å². The van der Waals surface area contributed by atoms with Gasteiger partial charge in [0.15, 0.2) is 11.5 Å². The molecule has 0 fully saturated rings. The lowest BCUT2D eigenvalue weighted by Crippen LogP contribution is -2.07. The molecular formula is C20H21NO3. The molecule has 1 unspecified atom stereocenters. The molecule has 4 heteroatoms. The molecule has 0 bridgehead atoms. The summed E-state index contributed by atoms with van der Waals surface area (Å²) in [4.78, 5) is 12.0. The second-order valence-corrected chi connectivity index (χ2v) is 5.87. The zero-order valence-corrected chi connectivity index (χ0v) is 13.9. The van der Waals surface area contributed by atoms with E-state index in [9.17, 15) is 4.79 Å². The Morgan fingerprint density at radius 2 is 1.92 bits per heavy atom. The van der Waals surface area contributed by atoms with Crippen LogP contribution in [0.2, 0.25) is 0 Å². The van der Waals surface area contributed by atoms with Crippen molar-refractivity contribution in [2.45, 2.75) is 26.2 Å². The minimum atomic E-state index is -0.163. The Hall–Kier alpha value is -2.75. The smallest absolute Gasteiger partial charge is 0.248 e. The van der Waals surface area contributed by atoms with E-state index in [0.717, 1.165) is 23.4 Å². The maximum atomic E-state index is 12.0. The predicted molar refractivity (Wildman–Crippen MR) is 95.4 cm³/mol. The Bertz CT molecular complexity index is 750. The Kier molecular flexibility index (Phi) is 4.85. The summed E-state index contributed by atoms with van der Waals surface area (Å²) in [5.41, 5.74) is 2.97. The molecule has 0 aromatic heterocycles. The Morgan fingerprint density at radius 1 is 1.17 bits per heavy atom. The molecule has 0 radical (unpaired) electrons. The number of amides is 1. The van der Waals surface area contributed by atoms with Crippen LogP contribution in [0.4, 0.5) is 5.69 Å². The largest absolute Gasteiger partial charge is 0.454 e. The Labute approximate surface area is 142 Å². The lowest BCUT2D eigenvalue weighted by Gasteiger charge is -2.09. The number of rotatable bonds is 5. The topological polar surface area (TPSA) is 47.6 Å². The molecule has 124 valence electrons. The number of benzene rings is 2. The van der Waals surface area contributed by atoms with E-state index >= 15 is 0 Å². The maximum Gasteiger partial charge on any atom is 0.248 e. The first-order valence-electron chi connectivity index (χ1n) is 8.14. The first-order valence-corrected chi connectivity index (χ1v) is 8.14. The van der Waals surface area contributed by atoms with Gasteiger partial charge >= 0.3 is 0 Å². The Morgan fingerprint density at radius 3 is 2.67 bits per heavy atom. The highest BCUT2D eigenvalue weighted by Crippen LogP contribution is 2.32. The standard InChI is InChI=1S/C20H21NO3/c1-3-14(2)16-6-8-17(9-7-16)21-20(22)11-5-15-4-10-18-19(12-15)24-13-23-18/h4-12,14H,3,13H2,1-2H3,(H,21,22). The molecule has 1 N–H and O–H groups in total. The summed E-state index contributed by atoms with van der Waals surface area (Å²) in [6, 6.07) is 13.6. The monoisotopic (exact) mass is 323 g/mol. The lowest BCUT2D eigenvalue weighted by atomic mass is 9.99. The molecule has 1 aliphatic rings. The van der Waals surface area contributed by atoms with E-state index in [0.29, 0.717) is 11.7 Å². The fraction of sp³-hybridized carbons (Fsp3) is 0.250. The van der Waals surface area contributed by atoms with Crippen molar-refractivity contribution in [3.8, 4) is 11.5 Å². The van der Waals surface area contributed by atoms with Crippen molar-refractivity contribution in [3.63, 3.8) is 0 Å². The van der Waals surface area contributed by atoms with Gasteiger partial charge in [-0.05, 0) is 53.8 Å². The number of ether oxygens (including phenoxy) is 2. The zero-order chi connectivity index (χ0) is 16.9. The van der Waals surface area contributed by atoms with Gasteiger partial charge in [-0.1, -0.05) is 32.0 Å². The third kappa shape index (κ3) is 3.77. The van der Waals surface area contributed by atoms with E-state index in [1.807, 2.05) is 30.3 Å². The van der Waals surface area contributed by atoms with Crippen molar-refractivity contribution in [2.24, 2.45) is 0 Å².